The maximum atomic E-state index is 11.0. The summed E-state index contributed by atoms with van der Waals surface area (Å²) in [6.45, 7) is 1.97. The molecule has 0 atom stereocenters. The number of aromatic nitrogens is 2. The second-order valence-electron chi connectivity index (χ2n) is 2.28. The Hall–Kier alpha value is -1.03. The average molecular weight is 191 g/mol. The van der Waals surface area contributed by atoms with Crippen molar-refractivity contribution in [3.05, 3.63) is 23.2 Å². The smallest absolute Gasteiger partial charge is 0.499 e. The molecule has 0 aromatic carbocycles. The van der Waals surface area contributed by atoms with Crippen molar-refractivity contribution in [1.29, 1.82) is 0 Å². The van der Waals surface area contributed by atoms with Crippen molar-refractivity contribution >= 4 is 12.4 Å². The fourth-order valence-corrected chi connectivity index (χ4v) is 0.880. The molecule has 68 valence electrons. The van der Waals surface area contributed by atoms with Crippen molar-refractivity contribution in [2.24, 2.45) is 0 Å². The van der Waals surface area contributed by atoms with Gasteiger partial charge in [-0.05, 0) is 11.4 Å². The highest BCUT2D eigenvalue weighted by molar-refractivity contribution is 5.85. The second-order valence-corrected chi connectivity index (χ2v) is 2.28. The van der Waals surface area contributed by atoms with Crippen LogP contribution in [0.2, 0.25) is 0 Å². The molecule has 1 N–H and O–H groups in total. The van der Waals surface area contributed by atoms with Crippen LogP contribution in [0, 0.1) is 5.21 Å². The molecule has 12 heavy (non-hydrogen) atoms. The van der Waals surface area contributed by atoms with Gasteiger partial charge in [-0.15, -0.1) is 12.4 Å². The van der Waals surface area contributed by atoms with Gasteiger partial charge in [-0.1, -0.05) is 6.92 Å². The Morgan fingerprint density at radius 3 is 2.92 bits per heavy atom. The lowest BCUT2D eigenvalue weighted by Crippen LogP contribution is -2.32. The number of halogens is 1. The van der Waals surface area contributed by atoms with Gasteiger partial charge < -0.3 is 10.3 Å². The molecule has 1 aromatic rings. The summed E-state index contributed by atoms with van der Waals surface area (Å²) >= 11 is 0. The molecule has 0 saturated heterocycles. The number of hydrogen-bond donors (Lipinski definition) is 1. The molecule has 0 aliphatic heterocycles. The summed E-state index contributed by atoms with van der Waals surface area (Å²) in [6, 6.07) is 1.13. The standard InChI is InChI=1S/C7H10N2O2.ClH/c1-2-3-6-4-5-8-7(10)9(6)11;/h4-5H,2-3H2,1H3,(H,8,10);1H. The summed E-state index contributed by atoms with van der Waals surface area (Å²) in [5.41, 5.74) is 0.556. The number of aryl methyl sites for hydroxylation is 1. The van der Waals surface area contributed by atoms with E-state index in [4.69, 9.17) is 5.11 Å². The minimum Gasteiger partial charge on any atom is -0.708 e. The van der Waals surface area contributed by atoms with E-state index in [1.54, 1.807) is 6.07 Å². The van der Waals surface area contributed by atoms with Crippen molar-refractivity contribution in [2.75, 3.05) is 0 Å². The summed E-state index contributed by atoms with van der Waals surface area (Å²) < 4.78 is 0.448. The fourth-order valence-electron chi connectivity index (χ4n) is 0.880. The Bertz CT molecular complexity index is 255. The van der Waals surface area contributed by atoms with Crippen LogP contribution in [0.15, 0.2) is 12.3 Å². The van der Waals surface area contributed by atoms with Crippen LogP contribution in [0.25, 0.3) is 0 Å². The highest BCUT2D eigenvalue weighted by Crippen LogP contribution is 1.99. The third-order valence-corrected chi connectivity index (χ3v) is 1.41. The quantitative estimate of drug-likeness (QED) is 0.554. The van der Waals surface area contributed by atoms with E-state index >= 15 is 0 Å². The minimum absolute atomic E-state index is 0. The first-order valence-corrected chi connectivity index (χ1v) is 3.52. The molecule has 4 nitrogen and oxygen atoms in total. The van der Waals surface area contributed by atoms with Crippen molar-refractivity contribution in [3.63, 3.8) is 0 Å². The number of rotatable bonds is 2. The molecule has 1 rings (SSSR count). The Morgan fingerprint density at radius 2 is 2.33 bits per heavy atom. The molecule has 0 spiro atoms. The van der Waals surface area contributed by atoms with Gasteiger partial charge >= 0.3 is 6.01 Å². The lowest BCUT2D eigenvalue weighted by atomic mass is 10.2. The van der Waals surface area contributed by atoms with Gasteiger partial charge in [0, 0.05) is 12.5 Å². The summed E-state index contributed by atoms with van der Waals surface area (Å²) in [4.78, 5) is 3.43. The summed E-state index contributed by atoms with van der Waals surface area (Å²) in [6.07, 6.45) is 2.97. The van der Waals surface area contributed by atoms with Gasteiger partial charge in [-0.2, -0.15) is 4.73 Å². The van der Waals surface area contributed by atoms with E-state index in [9.17, 15) is 5.21 Å². The molecule has 0 amide bonds. The number of aromatic hydroxyl groups is 1. The normalized spacial score (nSPS) is 9.08. The third kappa shape index (κ3) is 2.23. The Kier molecular flexibility index (Phi) is 4.36. The van der Waals surface area contributed by atoms with Crippen LogP contribution >= 0.6 is 12.4 Å². The van der Waals surface area contributed by atoms with E-state index in [1.807, 2.05) is 6.92 Å². The Balaban J connectivity index is 0.00000121. The Morgan fingerprint density at radius 1 is 1.67 bits per heavy atom. The fraction of sp³-hybridized carbons (Fsp3) is 0.429. The predicted octanol–water partition coefficient (Wildman–Crippen LogP) is 0.795. The average Bonchev–Trinajstić information content (AvgIpc) is 1.99. The zero-order valence-electron chi connectivity index (χ0n) is 6.73. The van der Waals surface area contributed by atoms with Crippen molar-refractivity contribution in [1.82, 2.24) is 4.98 Å². The largest absolute Gasteiger partial charge is 0.708 e. The molecule has 0 saturated carbocycles. The highest BCUT2D eigenvalue weighted by atomic mass is 35.5. The van der Waals surface area contributed by atoms with E-state index in [2.05, 4.69) is 4.98 Å². The van der Waals surface area contributed by atoms with Gasteiger partial charge in [0.25, 0.3) is 0 Å². The molecule has 0 radical (unpaired) electrons. The first kappa shape index (κ1) is 11.0. The summed E-state index contributed by atoms with van der Waals surface area (Å²) in [5, 5.41) is 19.8. The monoisotopic (exact) mass is 190 g/mol. The van der Waals surface area contributed by atoms with E-state index in [0.29, 0.717) is 16.8 Å². The van der Waals surface area contributed by atoms with Gasteiger partial charge in [0.15, 0.2) is 0 Å². The molecule has 5 heteroatoms. The first-order chi connectivity index (χ1) is 5.25. The third-order valence-electron chi connectivity index (χ3n) is 1.41. The molecule has 0 bridgehead atoms. The maximum absolute atomic E-state index is 11.0. The maximum Gasteiger partial charge on any atom is 0.499 e. The topological polar surface area (TPSA) is 60.1 Å². The van der Waals surface area contributed by atoms with Gasteiger partial charge in [-0.25, -0.2) is 0 Å². The van der Waals surface area contributed by atoms with E-state index in [1.165, 1.54) is 6.20 Å². The Labute approximate surface area is 76.9 Å². The lowest BCUT2D eigenvalue weighted by molar-refractivity contribution is -0.625. The van der Waals surface area contributed by atoms with Crippen molar-refractivity contribution < 1.29 is 9.84 Å². The van der Waals surface area contributed by atoms with Crippen LogP contribution in [0.3, 0.4) is 0 Å². The number of nitrogens with zero attached hydrogens (tertiary/aromatic N) is 2. The van der Waals surface area contributed by atoms with Gasteiger partial charge in [0.05, 0.1) is 0 Å². The molecule has 0 unspecified atom stereocenters. The highest BCUT2D eigenvalue weighted by Gasteiger charge is 2.06. The van der Waals surface area contributed by atoms with E-state index < -0.39 is 6.01 Å². The molecule has 1 aromatic heterocycles. The SMILES string of the molecule is CCCc1ccnc(O)[n+]1[O-].Cl. The summed E-state index contributed by atoms with van der Waals surface area (Å²) in [5.74, 6) is 0. The minimum atomic E-state index is -0.476. The molecular weight excluding hydrogens is 180 g/mol. The van der Waals surface area contributed by atoms with Gasteiger partial charge in [0.1, 0.15) is 11.9 Å². The van der Waals surface area contributed by atoms with Crippen LogP contribution in [-0.4, -0.2) is 10.1 Å². The molecular formula is C7H11ClN2O2. The van der Waals surface area contributed by atoms with Crippen LogP contribution in [0.5, 0.6) is 6.01 Å². The molecule has 0 aliphatic rings. The number of hydrogen-bond acceptors (Lipinski definition) is 3. The zero-order chi connectivity index (χ0) is 8.27. The van der Waals surface area contributed by atoms with E-state index in [0.717, 1.165) is 6.42 Å². The van der Waals surface area contributed by atoms with Crippen LogP contribution < -0.4 is 4.73 Å². The van der Waals surface area contributed by atoms with Crippen molar-refractivity contribution in [3.8, 4) is 6.01 Å². The van der Waals surface area contributed by atoms with Crippen LogP contribution in [0.4, 0.5) is 0 Å². The predicted molar refractivity (Wildman–Crippen MR) is 46.1 cm³/mol. The first-order valence-electron chi connectivity index (χ1n) is 3.52. The zero-order valence-corrected chi connectivity index (χ0v) is 7.54. The van der Waals surface area contributed by atoms with Crippen molar-refractivity contribution in [2.45, 2.75) is 19.8 Å². The molecule has 0 aliphatic carbocycles. The van der Waals surface area contributed by atoms with Gasteiger partial charge in [-0.3, -0.25) is 0 Å². The molecule has 1 heterocycles. The molecule has 0 fully saturated rings. The van der Waals surface area contributed by atoms with Crippen LogP contribution in [-0.2, 0) is 6.42 Å². The van der Waals surface area contributed by atoms with Crippen LogP contribution in [0.1, 0.15) is 19.0 Å². The van der Waals surface area contributed by atoms with Gasteiger partial charge in [0.2, 0.25) is 0 Å². The lowest BCUT2D eigenvalue weighted by Gasteiger charge is -2.05. The van der Waals surface area contributed by atoms with E-state index in [-0.39, 0.29) is 12.4 Å². The second kappa shape index (κ2) is 4.77. The summed E-state index contributed by atoms with van der Waals surface area (Å²) in [7, 11) is 0.